The highest BCUT2D eigenvalue weighted by atomic mass is 16.5. The fourth-order valence-electron chi connectivity index (χ4n) is 3.83. The molecule has 2 N–H and O–H groups in total. The number of carbonyl (C=O) groups excluding carboxylic acids is 1. The Morgan fingerprint density at radius 1 is 1.19 bits per heavy atom. The predicted molar refractivity (Wildman–Crippen MR) is 129 cm³/mol. The average Bonchev–Trinajstić information content (AvgIpc) is 3.31. The topological polar surface area (TPSA) is 152 Å². The number of nitriles is 1. The van der Waals surface area contributed by atoms with Gasteiger partial charge in [-0.25, -0.2) is 14.6 Å². The molecule has 0 saturated heterocycles. The predicted octanol–water partition coefficient (Wildman–Crippen LogP) is 2.58. The summed E-state index contributed by atoms with van der Waals surface area (Å²) in [4.78, 5) is 25.7. The maximum absolute atomic E-state index is 12.0. The van der Waals surface area contributed by atoms with Crippen molar-refractivity contribution < 1.29 is 14.6 Å². The van der Waals surface area contributed by atoms with Crippen LogP contribution in [0, 0.1) is 18.3 Å². The van der Waals surface area contributed by atoms with Gasteiger partial charge < -0.3 is 15.2 Å². The smallest absolute Gasteiger partial charge is 0.263 e. The van der Waals surface area contributed by atoms with Crippen molar-refractivity contribution in [3.63, 3.8) is 0 Å². The number of benzene rings is 1. The van der Waals surface area contributed by atoms with Crippen LogP contribution in [-0.4, -0.2) is 47.6 Å². The zero-order valence-electron chi connectivity index (χ0n) is 19.8. The molecule has 0 unspecified atom stereocenters. The number of aromatic nitrogens is 6. The third-order valence-electron chi connectivity index (χ3n) is 5.70. The molecule has 11 heteroatoms. The number of amides is 1. The molecule has 1 amide bonds. The van der Waals surface area contributed by atoms with Gasteiger partial charge in [-0.3, -0.25) is 9.78 Å². The van der Waals surface area contributed by atoms with Crippen LogP contribution in [0.1, 0.15) is 36.4 Å². The Morgan fingerprint density at radius 2 is 2.00 bits per heavy atom. The lowest BCUT2D eigenvalue weighted by Crippen LogP contribution is -2.27. The van der Waals surface area contributed by atoms with Gasteiger partial charge in [0.25, 0.3) is 5.91 Å². The minimum Gasteiger partial charge on any atom is -0.477 e. The second-order valence-corrected chi connectivity index (χ2v) is 8.87. The zero-order chi connectivity index (χ0) is 25.4. The molecule has 4 heterocycles. The van der Waals surface area contributed by atoms with E-state index in [1.54, 1.807) is 42.9 Å². The molecule has 1 aliphatic rings. The number of ether oxygens (including phenoxy) is 1. The number of hydrogen-bond acceptors (Lipinski definition) is 9. The van der Waals surface area contributed by atoms with Crippen molar-refractivity contribution in [2.45, 2.75) is 32.9 Å². The summed E-state index contributed by atoms with van der Waals surface area (Å²) in [7, 11) is 0. The summed E-state index contributed by atoms with van der Waals surface area (Å²) in [5.41, 5.74) is 2.83. The Bertz CT molecular complexity index is 1530. The standard InChI is InChI=1S/C25H22N8O3/c1-14-15(10-26)6-4-8-17(14)23-29-21(22-24(30-23)28-20(34)13-36-22)18-12-33(32-31-18)11-16-7-5-9-19(27-16)25(2,3)35/h4-9,12,35H,11,13H2,1-3H3,(H,28,29,30,34). The van der Waals surface area contributed by atoms with E-state index in [0.717, 1.165) is 5.56 Å². The molecule has 1 aliphatic heterocycles. The van der Waals surface area contributed by atoms with Crippen LogP contribution in [0.25, 0.3) is 22.8 Å². The Kier molecular flexibility index (Phi) is 5.66. The summed E-state index contributed by atoms with van der Waals surface area (Å²) < 4.78 is 7.26. The SMILES string of the molecule is Cc1c(C#N)cccc1-c1nc2c(c(-c3cn(Cc4cccc(C(C)(C)O)n4)nn3)n1)OCC(=O)N2. The van der Waals surface area contributed by atoms with E-state index >= 15 is 0 Å². The molecule has 3 aromatic heterocycles. The second kappa shape index (κ2) is 8.83. The maximum Gasteiger partial charge on any atom is 0.263 e. The van der Waals surface area contributed by atoms with Crippen molar-refractivity contribution in [1.29, 1.82) is 5.26 Å². The van der Waals surface area contributed by atoms with Gasteiger partial charge >= 0.3 is 0 Å². The van der Waals surface area contributed by atoms with Crippen molar-refractivity contribution in [2.24, 2.45) is 0 Å². The van der Waals surface area contributed by atoms with Crippen molar-refractivity contribution in [3.05, 3.63) is 65.1 Å². The van der Waals surface area contributed by atoms with Gasteiger partial charge in [-0.1, -0.05) is 23.4 Å². The van der Waals surface area contributed by atoms with E-state index < -0.39 is 5.60 Å². The zero-order valence-corrected chi connectivity index (χ0v) is 19.8. The van der Waals surface area contributed by atoms with Gasteiger partial charge in [-0.05, 0) is 44.5 Å². The molecule has 0 bridgehead atoms. The Hall–Kier alpha value is -4.69. The normalized spacial score (nSPS) is 12.9. The summed E-state index contributed by atoms with van der Waals surface area (Å²) in [6.07, 6.45) is 1.70. The van der Waals surface area contributed by atoms with Gasteiger partial charge in [-0.2, -0.15) is 5.26 Å². The monoisotopic (exact) mass is 482 g/mol. The molecule has 4 aromatic rings. The molecule has 0 spiro atoms. The fourth-order valence-corrected chi connectivity index (χ4v) is 3.83. The lowest BCUT2D eigenvalue weighted by atomic mass is 10.0. The highest BCUT2D eigenvalue weighted by molar-refractivity contribution is 5.96. The summed E-state index contributed by atoms with van der Waals surface area (Å²) in [6, 6.07) is 12.9. The Morgan fingerprint density at radius 3 is 2.78 bits per heavy atom. The van der Waals surface area contributed by atoms with E-state index in [2.05, 4.69) is 31.7 Å². The van der Waals surface area contributed by atoms with Crippen LogP contribution in [0.4, 0.5) is 5.82 Å². The lowest BCUT2D eigenvalue weighted by molar-refractivity contribution is -0.118. The Labute approximate surface area is 206 Å². The van der Waals surface area contributed by atoms with Crippen LogP contribution in [0.3, 0.4) is 0 Å². The molecular weight excluding hydrogens is 460 g/mol. The maximum atomic E-state index is 12.0. The summed E-state index contributed by atoms with van der Waals surface area (Å²) in [5.74, 6) is 0.504. The van der Waals surface area contributed by atoms with Crippen LogP contribution in [0.15, 0.2) is 42.6 Å². The molecular formula is C25H22N8O3. The number of carbonyl (C=O) groups is 1. The lowest BCUT2D eigenvalue weighted by Gasteiger charge is -2.20. The van der Waals surface area contributed by atoms with E-state index in [1.807, 2.05) is 25.1 Å². The van der Waals surface area contributed by atoms with Crippen LogP contribution in [0.2, 0.25) is 0 Å². The van der Waals surface area contributed by atoms with Crippen LogP contribution >= 0.6 is 0 Å². The van der Waals surface area contributed by atoms with E-state index in [-0.39, 0.29) is 18.3 Å². The van der Waals surface area contributed by atoms with Gasteiger partial charge in [-0.15, -0.1) is 5.10 Å². The van der Waals surface area contributed by atoms with Gasteiger partial charge in [0.05, 0.1) is 35.8 Å². The summed E-state index contributed by atoms with van der Waals surface area (Å²) >= 11 is 0. The minimum absolute atomic E-state index is 0.173. The van der Waals surface area contributed by atoms with E-state index in [0.29, 0.717) is 52.0 Å². The third-order valence-corrected chi connectivity index (χ3v) is 5.70. The van der Waals surface area contributed by atoms with E-state index in [1.165, 1.54) is 0 Å². The van der Waals surface area contributed by atoms with Crippen LogP contribution < -0.4 is 10.1 Å². The van der Waals surface area contributed by atoms with Crippen molar-refractivity contribution in [3.8, 4) is 34.6 Å². The molecule has 1 aromatic carbocycles. The largest absolute Gasteiger partial charge is 0.477 e. The molecule has 5 rings (SSSR count). The summed E-state index contributed by atoms with van der Waals surface area (Å²) in [5, 5.41) is 30.9. The van der Waals surface area contributed by atoms with Gasteiger partial charge in [0.1, 0.15) is 17.0 Å². The van der Waals surface area contributed by atoms with Crippen LogP contribution in [-0.2, 0) is 16.9 Å². The quantitative estimate of drug-likeness (QED) is 0.437. The van der Waals surface area contributed by atoms with Crippen molar-refractivity contribution >= 4 is 11.7 Å². The number of nitrogens with zero attached hydrogens (tertiary/aromatic N) is 7. The molecule has 0 fully saturated rings. The van der Waals surface area contributed by atoms with Crippen molar-refractivity contribution in [1.82, 2.24) is 29.9 Å². The van der Waals surface area contributed by atoms with Crippen LogP contribution in [0.5, 0.6) is 5.75 Å². The average molecular weight is 483 g/mol. The second-order valence-electron chi connectivity index (χ2n) is 8.87. The first-order valence-corrected chi connectivity index (χ1v) is 11.2. The van der Waals surface area contributed by atoms with E-state index in [4.69, 9.17) is 9.72 Å². The minimum atomic E-state index is -1.07. The molecule has 36 heavy (non-hydrogen) atoms. The summed E-state index contributed by atoms with van der Waals surface area (Å²) in [6.45, 7) is 5.31. The number of pyridine rings is 1. The number of nitrogens with one attached hydrogen (secondary N) is 1. The molecule has 180 valence electrons. The first kappa shape index (κ1) is 23.1. The van der Waals surface area contributed by atoms with Gasteiger partial charge in [0.15, 0.2) is 24.0 Å². The molecule has 0 radical (unpaired) electrons. The van der Waals surface area contributed by atoms with E-state index in [9.17, 15) is 15.2 Å². The number of aliphatic hydroxyl groups is 1. The highest BCUT2D eigenvalue weighted by Crippen LogP contribution is 2.37. The first-order valence-electron chi connectivity index (χ1n) is 11.2. The highest BCUT2D eigenvalue weighted by Gasteiger charge is 2.27. The Balaban J connectivity index is 1.56. The number of fused-ring (bicyclic) bond motifs is 1. The number of anilines is 1. The molecule has 0 aliphatic carbocycles. The molecule has 0 atom stereocenters. The fraction of sp³-hybridized carbons (Fsp3) is 0.240. The first-order chi connectivity index (χ1) is 17.2. The molecule has 11 nitrogen and oxygen atoms in total. The van der Waals surface area contributed by atoms with Crippen molar-refractivity contribution in [2.75, 3.05) is 11.9 Å². The van der Waals surface area contributed by atoms with Gasteiger partial charge in [0, 0.05) is 5.56 Å². The molecule has 0 saturated carbocycles. The number of rotatable bonds is 5. The number of hydrogen-bond donors (Lipinski definition) is 2. The van der Waals surface area contributed by atoms with Gasteiger partial charge in [0.2, 0.25) is 0 Å². The third kappa shape index (κ3) is 4.37.